The van der Waals surface area contributed by atoms with Gasteiger partial charge in [-0.1, -0.05) is 118 Å². The van der Waals surface area contributed by atoms with Crippen molar-refractivity contribution in [2.24, 2.45) is 0 Å². The van der Waals surface area contributed by atoms with E-state index in [0.717, 1.165) is 76.1 Å². The van der Waals surface area contributed by atoms with Crippen LogP contribution < -0.4 is 25.8 Å². The summed E-state index contributed by atoms with van der Waals surface area (Å²) in [7, 11) is 0. The van der Waals surface area contributed by atoms with E-state index in [0.29, 0.717) is 71.4 Å². The molecular weight excluding hydrogens is 1120 g/mol. The van der Waals surface area contributed by atoms with Gasteiger partial charge >= 0.3 is 12.1 Å². The molecule has 0 aliphatic carbocycles. The number of nitrogens with zero attached hydrogens (tertiary/aromatic N) is 5. The van der Waals surface area contributed by atoms with Crippen molar-refractivity contribution in [2.75, 3.05) is 36.0 Å². The zero-order valence-corrected chi connectivity index (χ0v) is 48.2. The number of rotatable bonds is 9. The molecule has 0 spiro atoms. The number of hydrogen-bond acceptors (Lipinski definition) is 7. The van der Waals surface area contributed by atoms with Gasteiger partial charge in [0, 0.05) is 93.7 Å². The lowest BCUT2D eigenvalue weighted by Gasteiger charge is -2.46. The number of fused-ring (bicyclic) bond motifs is 6. The lowest BCUT2D eigenvalue weighted by molar-refractivity contribution is 0.0249. The van der Waals surface area contributed by atoms with E-state index in [4.69, 9.17) is 69.6 Å². The number of carbonyl (C=O) groups is 3. The molecule has 6 saturated heterocycles. The first-order valence-electron chi connectivity index (χ1n) is 27.7. The number of anilines is 4. The van der Waals surface area contributed by atoms with Crippen molar-refractivity contribution in [2.45, 2.75) is 120 Å². The number of hydrogen-bond donors (Lipinski definition) is 3. The number of halogens is 6. The number of nitrogens with one attached hydrogen (secondary N) is 3. The fourth-order valence-electron chi connectivity index (χ4n) is 13.5. The first-order chi connectivity index (χ1) is 38.4. The molecule has 0 aromatic heterocycles. The fourth-order valence-corrected chi connectivity index (χ4v) is 15.1. The molecule has 79 heavy (non-hydrogen) atoms. The second-order valence-electron chi connectivity index (χ2n) is 22.1. The van der Waals surface area contributed by atoms with E-state index in [9.17, 15) is 14.4 Å². The van der Waals surface area contributed by atoms with Gasteiger partial charge in [0.1, 0.15) is 6.29 Å². The summed E-state index contributed by atoms with van der Waals surface area (Å²) in [5.41, 5.74) is 9.13. The molecule has 0 saturated carbocycles. The van der Waals surface area contributed by atoms with Crippen molar-refractivity contribution in [3.05, 3.63) is 162 Å². The summed E-state index contributed by atoms with van der Waals surface area (Å²) in [5, 5.41) is 12.3. The predicted octanol–water partition coefficient (Wildman–Crippen LogP) is 15.3. The maximum atomic E-state index is 13.4. The third kappa shape index (κ3) is 11.0. The number of para-hydroxylation sites is 2. The van der Waals surface area contributed by atoms with E-state index in [1.54, 1.807) is 59.5 Å². The molecule has 410 valence electrons. The standard InChI is InChI=1S/C31H31Cl3N4O.C21H13Cl3N2O2.C10H18N2/c32-26-6-2-1-5-23(26)24-13-19(18-37-20-9-10-21(37)16-22(15-20)36-11-4-12-36)14-29-25(24)17-35-31(39)38(29)30-27(33)7-3-8-28(30)34;22-16-5-2-1-4-13(16)14-8-12(11-27)9-19-15(14)10-25-21(28)26(19)20-17(23)6-3-7-18(20)24;1-4-12(5-1)10-6-8-2-3-9(7-10)11-8/h1-3,5-8,13-14,20-22H,4,9-12,15-18H2,(H,35,39);1-9,11H,10H2,(H,25,28);8-11H,1-7H2. The highest BCUT2D eigenvalue weighted by Gasteiger charge is 2.44. The molecule has 4 amide bonds. The molecule has 0 radical (unpaired) electrons. The second kappa shape index (κ2) is 23.5. The molecule has 4 atom stereocenters. The van der Waals surface area contributed by atoms with Gasteiger partial charge in [-0.2, -0.15) is 0 Å². The van der Waals surface area contributed by atoms with Crippen LogP contribution in [0.4, 0.5) is 32.3 Å². The van der Waals surface area contributed by atoms with Gasteiger partial charge in [0.05, 0.1) is 42.8 Å². The van der Waals surface area contributed by atoms with Crippen LogP contribution in [0.25, 0.3) is 22.3 Å². The van der Waals surface area contributed by atoms with Gasteiger partial charge in [-0.3, -0.25) is 19.5 Å². The molecule has 4 bridgehead atoms. The van der Waals surface area contributed by atoms with Gasteiger partial charge in [-0.15, -0.1) is 0 Å². The number of benzene rings is 6. The van der Waals surface area contributed by atoms with Gasteiger partial charge in [0.25, 0.3) is 0 Å². The minimum absolute atomic E-state index is 0.241. The first kappa shape index (κ1) is 54.7. The minimum Gasteiger partial charge on any atom is -0.333 e. The van der Waals surface area contributed by atoms with Crippen molar-refractivity contribution in [1.82, 2.24) is 30.7 Å². The maximum Gasteiger partial charge on any atom is 0.326 e. The molecule has 4 unspecified atom stereocenters. The average Bonchev–Trinajstić information content (AvgIpc) is 4.06. The fraction of sp³-hybridized carbons (Fsp3) is 0.371. The Morgan fingerprint density at radius 2 is 0.924 bits per heavy atom. The summed E-state index contributed by atoms with van der Waals surface area (Å²) in [6.45, 7) is 6.82. The lowest BCUT2D eigenvalue weighted by atomic mass is 9.91. The number of urea groups is 2. The van der Waals surface area contributed by atoms with Crippen LogP contribution in [0, 0.1) is 0 Å². The van der Waals surface area contributed by atoms with E-state index in [1.807, 2.05) is 42.5 Å². The molecule has 6 aromatic rings. The van der Waals surface area contributed by atoms with Gasteiger partial charge in [-0.05, 0) is 168 Å². The SMILES string of the molecule is C1CN(C2CC3CCC(C2)N3)C1.O=C1NCc2c(-c3ccccc3Cl)cc(CN3C4CCC3CC(N3CCC3)C4)cc2N1c1c(Cl)cccc1Cl.O=Cc1cc(-c2ccccc2Cl)c2c(c1)N(c1c(Cl)cccc1Cl)C(=O)NC2. The summed E-state index contributed by atoms with van der Waals surface area (Å²) in [5.74, 6) is 0. The second-order valence-corrected chi connectivity index (χ2v) is 24.6. The van der Waals surface area contributed by atoms with Crippen LogP contribution in [-0.4, -0.2) is 95.5 Å². The first-order valence-corrected chi connectivity index (χ1v) is 30.0. The maximum absolute atomic E-state index is 13.4. The van der Waals surface area contributed by atoms with Crippen LogP contribution in [0.5, 0.6) is 0 Å². The van der Waals surface area contributed by atoms with Crippen molar-refractivity contribution < 1.29 is 14.4 Å². The van der Waals surface area contributed by atoms with Crippen LogP contribution >= 0.6 is 69.6 Å². The molecule has 3 N–H and O–H groups in total. The summed E-state index contributed by atoms with van der Waals surface area (Å²) in [6, 6.07) is 37.5. The Morgan fingerprint density at radius 3 is 1.38 bits per heavy atom. The van der Waals surface area contributed by atoms with Crippen LogP contribution in [0.3, 0.4) is 0 Å². The Kier molecular flexibility index (Phi) is 16.3. The number of amides is 4. The minimum atomic E-state index is -0.379. The third-order valence-corrected chi connectivity index (χ3v) is 19.4. The topological polar surface area (TPSA) is 104 Å². The van der Waals surface area contributed by atoms with Crippen molar-refractivity contribution >= 4 is 111 Å². The van der Waals surface area contributed by atoms with Crippen LogP contribution in [0.1, 0.15) is 91.3 Å². The van der Waals surface area contributed by atoms with Crippen LogP contribution in [0.2, 0.25) is 30.1 Å². The van der Waals surface area contributed by atoms with E-state index in [1.165, 1.54) is 101 Å². The largest absolute Gasteiger partial charge is 0.333 e. The highest BCUT2D eigenvalue weighted by molar-refractivity contribution is 6.41. The lowest BCUT2D eigenvalue weighted by Crippen LogP contribution is -2.53. The Morgan fingerprint density at radius 1 is 0.481 bits per heavy atom. The monoisotopic (exact) mass is 1180 g/mol. The van der Waals surface area contributed by atoms with Crippen LogP contribution in [-0.2, 0) is 19.6 Å². The number of carbonyl (C=O) groups excluding carboxylic acids is 3. The van der Waals surface area contributed by atoms with E-state index < -0.39 is 0 Å². The summed E-state index contributed by atoms with van der Waals surface area (Å²) >= 11 is 39.1. The normalized spacial score (nSPS) is 24.1. The Balaban J connectivity index is 0.000000134. The van der Waals surface area contributed by atoms with E-state index in [-0.39, 0.29) is 18.6 Å². The van der Waals surface area contributed by atoms with Crippen LogP contribution in [0.15, 0.2) is 109 Å². The van der Waals surface area contributed by atoms with Crippen molar-refractivity contribution in [3.8, 4) is 22.3 Å². The number of piperidine rings is 2. The quantitative estimate of drug-likeness (QED) is 0.124. The van der Waals surface area contributed by atoms with Gasteiger partial charge in [0.15, 0.2) is 0 Å². The Bertz CT molecular complexity index is 3250. The predicted molar refractivity (Wildman–Crippen MR) is 322 cm³/mol. The Hall–Kier alpha value is -4.89. The average molecular weight is 1180 g/mol. The molecular formula is C62H62Cl6N8O3. The zero-order valence-electron chi connectivity index (χ0n) is 43.7. The number of aldehydes is 1. The highest BCUT2D eigenvalue weighted by Crippen LogP contribution is 2.48. The van der Waals surface area contributed by atoms with E-state index in [2.05, 4.69) is 42.8 Å². The Labute approximate surface area is 492 Å². The highest BCUT2D eigenvalue weighted by atomic mass is 35.5. The van der Waals surface area contributed by atoms with Gasteiger partial charge in [0.2, 0.25) is 0 Å². The molecule has 17 heteroatoms. The molecule has 6 aromatic carbocycles. The zero-order chi connectivity index (χ0) is 54.5. The van der Waals surface area contributed by atoms with E-state index >= 15 is 0 Å². The molecule has 8 aliphatic rings. The summed E-state index contributed by atoms with van der Waals surface area (Å²) < 4.78 is 0. The summed E-state index contributed by atoms with van der Waals surface area (Å²) in [4.78, 5) is 48.9. The number of likely N-dealkylation sites (tertiary alicyclic amines) is 2. The third-order valence-electron chi connectivity index (χ3n) is 17.5. The summed E-state index contributed by atoms with van der Waals surface area (Å²) in [6.07, 6.45) is 14.3. The van der Waals surface area contributed by atoms with Gasteiger partial charge in [-0.25, -0.2) is 9.59 Å². The molecule has 14 rings (SSSR count). The van der Waals surface area contributed by atoms with Crippen molar-refractivity contribution in [3.63, 3.8) is 0 Å². The molecule has 11 nitrogen and oxygen atoms in total. The molecule has 8 aliphatic heterocycles. The van der Waals surface area contributed by atoms with Gasteiger partial charge < -0.3 is 25.8 Å². The smallest absolute Gasteiger partial charge is 0.326 e. The van der Waals surface area contributed by atoms with Crippen molar-refractivity contribution in [1.29, 1.82) is 0 Å². The molecule has 6 fully saturated rings. The molecule has 8 heterocycles.